The van der Waals surface area contributed by atoms with E-state index < -0.39 is 0 Å². The molecule has 0 fully saturated rings. The predicted octanol–water partition coefficient (Wildman–Crippen LogP) is 2.95. The largest absolute Gasteiger partial charge is 1.00 e. The molecule has 0 unspecified atom stereocenters. The lowest BCUT2D eigenvalue weighted by Gasteiger charge is -2.21. The van der Waals surface area contributed by atoms with Crippen molar-refractivity contribution in [3.05, 3.63) is 12.2 Å². The van der Waals surface area contributed by atoms with Crippen molar-refractivity contribution in [2.45, 2.75) is 84.0 Å². The Kier molecular flexibility index (Phi) is 18.5. The molecule has 0 bridgehead atoms. The Balaban J connectivity index is 0. The predicted molar refractivity (Wildman–Crippen MR) is 93.1 cm³/mol. The van der Waals surface area contributed by atoms with E-state index in [9.17, 15) is 0 Å². The van der Waals surface area contributed by atoms with Crippen LogP contribution in [0.3, 0.4) is 0 Å². The molecule has 0 N–H and O–H groups in total. The molecule has 0 aromatic heterocycles. The van der Waals surface area contributed by atoms with Crippen molar-refractivity contribution in [3.8, 4) is 0 Å². The third kappa shape index (κ3) is 22.6. The van der Waals surface area contributed by atoms with Gasteiger partial charge in [0.2, 0.25) is 0 Å². The molecule has 0 aromatic carbocycles. The van der Waals surface area contributed by atoms with Crippen LogP contribution in [0.15, 0.2) is 12.2 Å². The van der Waals surface area contributed by atoms with Gasteiger partial charge in [0, 0.05) is 0 Å². The number of halogens is 1. The van der Waals surface area contributed by atoms with Crippen molar-refractivity contribution >= 4 is 0 Å². The van der Waals surface area contributed by atoms with Crippen LogP contribution in [0.2, 0.25) is 0 Å². The molecule has 2 heteroatoms. The monoisotopic (exact) mass is 361 g/mol. The van der Waals surface area contributed by atoms with Gasteiger partial charge in [0.15, 0.2) is 0 Å². The molecule has 0 saturated heterocycles. The number of unbranched alkanes of at least 4 members (excludes halogenated alkanes) is 11. The van der Waals surface area contributed by atoms with E-state index in [1.165, 1.54) is 77.0 Å². The van der Waals surface area contributed by atoms with Crippen LogP contribution in [0.4, 0.5) is 0 Å². The van der Waals surface area contributed by atoms with Gasteiger partial charge in [-0.3, -0.25) is 0 Å². The quantitative estimate of drug-likeness (QED) is 0.253. The first-order valence-electron chi connectivity index (χ1n) is 9.01. The molecule has 0 amide bonds. The second-order valence-electron chi connectivity index (χ2n) is 7.27. The first-order valence-corrected chi connectivity index (χ1v) is 9.01. The van der Waals surface area contributed by atoms with Gasteiger partial charge in [0.05, 0.1) is 27.7 Å². The Hall–Kier alpha value is 0.180. The summed E-state index contributed by atoms with van der Waals surface area (Å²) in [6.07, 6.45) is 21.8. The summed E-state index contributed by atoms with van der Waals surface area (Å²) in [4.78, 5) is 0. The maximum atomic E-state index is 2.37. The van der Waals surface area contributed by atoms with Crippen molar-refractivity contribution in [1.29, 1.82) is 0 Å². The summed E-state index contributed by atoms with van der Waals surface area (Å²) in [7, 11) is 6.73. The van der Waals surface area contributed by atoms with Crippen molar-refractivity contribution in [2.24, 2.45) is 0 Å². The summed E-state index contributed by atoms with van der Waals surface area (Å²) in [5.74, 6) is 0. The lowest BCUT2D eigenvalue weighted by molar-refractivity contribution is -0.864. The minimum atomic E-state index is 0. The van der Waals surface area contributed by atoms with Gasteiger partial charge in [-0.15, -0.1) is 0 Å². The first-order chi connectivity index (χ1) is 9.56. The van der Waals surface area contributed by atoms with E-state index >= 15 is 0 Å². The summed E-state index contributed by atoms with van der Waals surface area (Å²) >= 11 is 0. The molecule has 21 heavy (non-hydrogen) atoms. The molecule has 0 spiro atoms. The standard InChI is InChI=1S/C19H40N.BrH/c1-5-6-7-8-9-10-11-12-13-14-15-16-17-18-19-20(2,3)4;/h17-18H,5-16,19H2,1-4H3;1H/q+1;/p-1. The molecule has 0 heterocycles. The SMILES string of the molecule is CCCCCCCCCCCCCC=CC[N+](C)(C)C.[Br-]. The smallest absolute Gasteiger partial charge is 0.0967 e. The number of quaternary nitrogens is 1. The van der Waals surface area contributed by atoms with Crippen molar-refractivity contribution in [2.75, 3.05) is 27.7 Å². The molecule has 0 atom stereocenters. The summed E-state index contributed by atoms with van der Waals surface area (Å²) < 4.78 is 1.04. The molecule has 0 aliphatic heterocycles. The minimum absolute atomic E-state index is 0. The van der Waals surface area contributed by atoms with Crippen LogP contribution in [0.1, 0.15) is 84.0 Å². The van der Waals surface area contributed by atoms with Gasteiger partial charge in [0.1, 0.15) is 0 Å². The Labute approximate surface area is 145 Å². The van der Waals surface area contributed by atoms with Crippen LogP contribution in [0, 0.1) is 0 Å². The fourth-order valence-corrected chi connectivity index (χ4v) is 2.44. The van der Waals surface area contributed by atoms with Gasteiger partial charge in [-0.05, 0) is 18.9 Å². The van der Waals surface area contributed by atoms with Crippen LogP contribution in [-0.2, 0) is 0 Å². The number of likely N-dealkylation sites (N-methyl/N-ethyl adjacent to an activating group) is 1. The normalized spacial score (nSPS) is 11.8. The Morgan fingerprint density at radius 3 is 1.48 bits per heavy atom. The summed E-state index contributed by atoms with van der Waals surface area (Å²) in [5.41, 5.74) is 0. The van der Waals surface area contributed by atoms with Gasteiger partial charge < -0.3 is 21.5 Å². The molecule has 128 valence electrons. The third-order valence-corrected chi connectivity index (χ3v) is 3.79. The highest BCUT2D eigenvalue weighted by molar-refractivity contribution is 4.81. The maximum Gasteiger partial charge on any atom is 0.0967 e. The molecule has 1 nitrogen and oxygen atoms in total. The number of nitrogens with zero attached hydrogens (tertiary/aromatic N) is 1. The van der Waals surface area contributed by atoms with E-state index in [4.69, 9.17) is 0 Å². The second kappa shape index (κ2) is 16.5. The number of hydrogen-bond donors (Lipinski definition) is 0. The molecule has 0 saturated carbocycles. The van der Waals surface area contributed by atoms with Crippen LogP contribution in [0.25, 0.3) is 0 Å². The van der Waals surface area contributed by atoms with E-state index in [0.717, 1.165) is 11.0 Å². The molecule has 0 aromatic rings. The lowest BCUT2D eigenvalue weighted by atomic mass is 10.1. The zero-order valence-corrected chi connectivity index (χ0v) is 16.8. The average molecular weight is 362 g/mol. The topological polar surface area (TPSA) is 0 Å². The molecule has 0 radical (unpaired) electrons. The third-order valence-electron chi connectivity index (χ3n) is 3.79. The first kappa shape index (κ1) is 23.4. The van der Waals surface area contributed by atoms with Crippen LogP contribution < -0.4 is 17.0 Å². The van der Waals surface area contributed by atoms with E-state index in [2.05, 4.69) is 40.2 Å². The van der Waals surface area contributed by atoms with Crippen molar-refractivity contribution in [3.63, 3.8) is 0 Å². The summed E-state index contributed by atoms with van der Waals surface area (Å²) in [5, 5.41) is 0. The second-order valence-corrected chi connectivity index (χ2v) is 7.27. The Morgan fingerprint density at radius 2 is 1.05 bits per heavy atom. The Bertz CT molecular complexity index is 218. The van der Waals surface area contributed by atoms with E-state index in [0.29, 0.717) is 0 Å². The van der Waals surface area contributed by atoms with Crippen LogP contribution >= 0.6 is 0 Å². The van der Waals surface area contributed by atoms with Crippen LogP contribution in [-0.4, -0.2) is 32.2 Å². The van der Waals surface area contributed by atoms with Gasteiger partial charge in [0.25, 0.3) is 0 Å². The average Bonchev–Trinajstić information content (AvgIpc) is 2.38. The number of hydrogen-bond acceptors (Lipinski definition) is 0. The highest BCUT2D eigenvalue weighted by atomic mass is 79.9. The van der Waals surface area contributed by atoms with Gasteiger partial charge >= 0.3 is 0 Å². The highest BCUT2D eigenvalue weighted by Gasteiger charge is 2.01. The summed E-state index contributed by atoms with van der Waals surface area (Å²) in [6, 6.07) is 0. The molecule has 0 aliphatic carbocycles. The highest BCUT2D eigenvalue weighted by Crippen LogP contribution is 2.12. The molecular weight excluding hydrogens is 322 g/mol. The van der Waals surface area contributed by atoms with E-state index in [1.807, 2.05) is 0 Å². The van der Waals surface area contributed by atoms with Gasteiger partial charge in [-0.1, -0.05) is 77.2 Å². The molecular formula is C19H40BrN. The maximum absolute atomic E-state index is 2.37. The zero-order chi connectivity index (χ0) is 15.1. The summed E-state index contributed by atoms with van der Waals surface area (Å²) in [6.45, 7) is 3.44. The van der Waals surface area contributed by atoms with E-state index in [-0.39, 0.29) is 17.0 Å². The lowest BCUT2D eigenvalue weighted by Crippen LogP contribution is -3.00. The molecule has 0 rings (SSSR count). The molecule has 0 aliphatic rings. The van der Waals surface area contributed by atoms with E-state index in [1.54, 1.807) is 0 Å². The zero-order valence-electron chi connectivity index (χ0n) is 15.2. The number of allylic oxidation sites excluding steroid dienone is 1. The van der Waals surface area contributed by atoms with Gasteiger partial charge in [-0.25, -0.2) is 0 Å². The van der Waals surface area contributed by atoms with Crippen molar-refractivity contribution < 1.29 is 21.5 Å². The van der Waals surface area contributed by atoms with Gasteiger partial charge in [-0.2, -0.15) is 0 Å². The fraction of sp³-hybridized carbons (Fsp3) is 0.895. The van der Waals surface area contributed by atoms with Crippen molar-refractivity contribution in [1.82, 2.24) is 0 Å². The Morgan fingerprint density at radius 1 is 0.619 bits per heavy atom. The minimum Gasteiger partial charge on any atom is -1.00 e. The number of rotatable bonds is 14. The van der Waals surface area contributed by atoms with Crippen LogP contribution in [0.5, 0.6) is 0 Å². The fourth-order valence-electron chi connectivity index (χ4n) is 2.44.